The van der Waals surface area contributed by atoms with Gasteiger partial charge in [0.05, 0.1) is 0 Å². The number of benzene rings is 1. The molecule has 134 valence electrons. The molecule has 0 saturated heterocycles. The van der Waals surface area contributed by atoms with E-state index in [2.05, 4.69) is 16.2 Å². The van der Waals surface area contributed by atoms with E-state index in [9.17, 15) is 9.90 Å². The number of nitrogens with zero attached hydrogens (tertiary/aromatic N) is 5. The third-order valence-electron chi connectivity index (χ3n) is 4.94. The Morgan fingerprint density at radius 2 is 2.08 bits per heavy atom. The van der Waals surface area contributed by atoms with E-state index in [4.69, 9.17) is 0 Å². The van der Waals surface area contributed by atoms with Gasteiger partial charge in [0.1, 0.15) is 5.54 Å². The summed E-state index contributed by atoms with van der Waals surface area (Å²) in [5.74, 6) is -0.0997. The van der Waals surface area contributed by atoms with E-state index in [0.29, 0.717) is 6.54 Å². The molecule has 4 rings (SSSR count). The van der Waals surface area contributed by atoms with Crippen LogP contribution >= 0.6 is 0 Å². The normalized spacial score (nSPS) is 19.5. The Bertz CT molecular complexity index is 885. The number of hydrogen-bond donors (Lipinski definition) is 1. The van der Waals surface area contributed by atoms with Gasteiger partial charge in [0.15, 0.2) is 0 Å². The highest BCUT2D eigenvalue weighted by Gasteiger charge is 2.43. The van der Waals surface area contributed by atoms with Crippen LogP contribution < -0.4 is 4.90 Å². The smallest absolute Gasteiger partial charge is 0.252 e. The standard InChI is InChI=1S/C19H21N5O2/c1-19(2,17(26)22-12-8-14-6-3-4-7-15(14)22)23-13-9-16(25)21-18(23)24-11-5-10-20-24/h3-7,9-11,13,18H,8,12H2,1-2H3,(H,21,25). The summed E-state index contributed by atoms with van der Waals surface area (Å²) in [7, 11) is 0. The van der Waals surface area contributed by atoms with Gasteiger partial charge in [-0.3, -0.25) is 4.79 Å². The van der Waals surface area contributed by atoms with E-state index >= 15 is 0 Å². The first-order valence-corrected chi connectivity index (χ1v) is 8.61. The number of fused-ring (bicyclic) bond motifs is 1. The first-order chi connectivity index (χ1) is 12.5. The highest BCUT2D eigenvalue weighted by Crippen LogP contribution is 2.34. The summed E-state index contributed by atoms with van der Waals surface area (Å²) in [6, 6.07) is 9.78. The van der Waals surface area contributed by atoms with Crippen LogP contribution in [0, 0.1) is 0 Å². The summed E-state index contributed by atoms with van der Waals surface area (Å²) in [6.45, 7) is 4.41. The molecule has 26 heavy (non-hydrogen) atoms. The van der Waals surface area contributed by atoms with Crippen LogP contribution in [0.25, 0.3) is 0 Å². The summed E-state index contributed by atoms with van der Waals surface area (Å²) < 4.78 is 1.62. The van der Waals surface area contributed by atoms with Gasteiger partial charge >= 0.3 is 0 Å². The average Bonchev–Trinajstić information content (AvgIpc) is 3.30. The molecule has 0 radical (unpaired) electrons. The van der Waals surface area contributed by atoms with Crippen LogP contribution in [0.2, 0.25) is 0 Å². The molecular formula is C19H21N5O2. The predicted octanol–water partition coefficient (Wildman–Crippen LogP) is 2.49. The maximum Gasteiger partial charge on any atom is 0.252 e. The quantitative estimate of drug-likeness (QED) is 0.922. The summed E-state index contributed by atoms with van der Waals surface area (Å²) in [6.07, 6.45) is 6.84. The number of aliphatic hydroxyl groups excluding tert-OH is 1. The highest BCUT2D eigenvalue weighted by molar-refractivity contribution is 6.01. The van der Waals surface area contributed by atoms with Gasteiger partial charge in [-0.15, -0.1) is 0 Å². The minimum absolute atomic E-state index is 0.0131. The van der Waals surface area contributed by atoms with E-state index in [1.807, 2.05) is 41.8 Å². The first-order valence-electron chi connectivity index (χ1n) is 8.61. The number of aromatic nitrogens is 2. The predicted molar refractivity (Wildman–Crippen MR) is 98.9 cm³/mol. The van der Waals surface area contributed by atoms with E-state index in [1.165, 1.54) is 11.6 Å². The van der Waals surface area contributed by atoms with Gasteiger partial charge in [-0.05, 0) is 38.0 Å². The molecule has 1 atom stereocenters. The monoisotopic (exact) mass is 351 g/mol. The van der Waals surface area contributed by atoms with Gasteiger partial charge in [-0.1, -0.05) is 18.2 Å². The molecule has 2 aromatic rings. The number of carbonyl (C=O) groups excluding carboxylic acids is 1. The van der Waals surface area contributed by atoms with Gasteiger partial charge in [0.2, 0.25) is 12.2 Å². The fourth-order valence-electron chi connectivity index (χ4n) is 3.52. The lowest BCUT2D eigenvalue weighted by Gasteiger charge is -2.43. The number of aliphatic hydroxyl groups is 1. The molecule has 1 aromatic carbocycles. The summed E-state index contributed by atoms with van der Waals surface area (Å²) in [4.78, 5) is 21.4. The first kappa shape index (κ1) is 16.4. The molecule has 0 aliphatic carbocycles. The number of anilines is 1. The molecule has 0 bridgehead atoms. The lowest BCUT2D eigenvalue weighted by atomic mass is 10.00. The summed E-state index contributed by atoms with van der Waals surface area (Å²) >= 11 is 0. The van der Waals surface area contributed by atoms with Crippen molar-refractivity contribution < 1.29 is 9.90 Å². The van der Waals surface area contributed by atoms with Gasteiger partial charge in [-0.2, -0.15) is 5.10 Å². The van der Waals surface area contributed by atoms with E-state index in [1.54, 1.807) is 29.3 Å². The maximum absolute atomic E-state index is 13.4. The van der Waals surface area contributed by atoms with Crippen LogP contribution in [0.1, 0.15) is 25.7 Å². The Morgan fingerprint density at radius 1 is 1.27 bits per heavy atom. The molecule has 0 fully saturated rings. The molecule has 1 amide bonds. The topological polar surface area (TPSA) is 74.0 Å². The molecule has 2 aliphatic heterocycles. The van der Waals surface area contributed by atoms with Crippen molar-refractivity contribution in [2.45, 2.75) is 32.1 Å². The van der Waals surface area contributed by atoms with E-state index < -0.39 is 11.8 Å². The zero-order valence-corrected chi connectivity index (χ0v) is 14.8. The molecule has 3 heterocycles. The van der Waals surface area contributed by atoms with Crippen molar-refractivity contribution in [3.63, 3.8) is 0 Å². The Hall–Kier alpha value is -3.09. The average molecular weight is 351 g/mol. The van der Waals surface area contributed by atoms with Gasteiger partial charge in [0, 0.05) is 36.9 Å². The summed E-state index contributed by atoms with van der Waals surface area (Å²) in [5, 5.41) is 14.1. The molecule has 0 saturated carbocycles. The van der Waals surface area contributed by atoms with Crippen molar-refractivity contribution in [3.8, 4) is 0 Å². The molecular weight excluding hydrogens is 330 g/mol. The Labute approximate surface area is 151 Å². The van der Waals surface area contributed by atoms with Crippen LogP contribution in [0.5, 0.6) is 0 Å². The third-order valence-corrected chi connectivity index (χ3v) is 4.94. The van der Waals surface area contributed by atoms with Crippen LogP contribution in [0.3, 0.4) is 0 Å². The second kappa shape index (κ2) is 6.01. The number of amides is 1. The maximum atomic E-state index is 13.4. The van der Waals surface area contributed by atoms with Crippen molar-refractivity contribution >= 4 is 17.5 Å². The Kier molecular flexibility index (Phi) is 3.79. The van der Waals surface area contributed by atoms with Crippen LogP contribution in [-0.4, -0.2) is 43.7 Å². The van der Waals surface area contributed by atoms with Crippen molar-refractivity contribution in [2.75, 3.05) is 11.4 Å². The van der Waals surface area contributed by atoms with Crippen molar-refractivity contribution in [1.82, 2.24) is 14.7 Å². The number of hydrogen-bond acceptors (Lipinski definition) is 4. The van der Waals surface area contributed by atoms with Crippen LogP contribution in [-0.2, 0) is 11.2 Å². The molecule has 1 unspecified atom stereocenters. The zero-order valence-electron chi connectivity index (χ0n) is 14.8. The fourth-order valence-corrected chi connectivity index (χ4v) is 3.52. The highest BCUT2D eigenvalue weighted by atomic mass is 16.3. The van der Waals surface area contributed by atoms with Crippen LogP contribution in [0.15, 0.2) is 60.0 Å². The SMILES string of the molecule is CC(C)(C(=O)N1CCc2ccccc21)N1C=CC(O)=NC1n1cccn1. The summed E-state index contributed by atoms with van der Waals surface area (Å²) in [5.41, 5.74) is 1.27. The van der Waals surface area contributed by atoms with E-state index in [0.717, 1.165) is 12.1 Å². The second-order valence-electron chi connectivity index (χ2n) is 6.94. The lowest BCUT2D eigenvalue weighted by molar-refractivity contribution is -0.129. The van der Waals surface area contributed by atoms with Crippen molar-refractivity contribution in [2.24, 2.45) is 4.99 Å². The number of aliphatic imine (C=N–C) groups is 1. The van der Waals surface area contributed by atoms with Gasteiger partial charge < -0.3 is 14.9 Å². The minimum Gasteiger partial charge on any atom is -0.493 e. The molecule has 0 spiro atoms. The van der Waals surface area contributed by atoms with Gasteiger partial charge in [0.25, 0.3) is 5.91 Å². The number of para-hydroxylation sites is 1. The molecule has 1 aromatic heterocycles. The number of rotatable bonds is 3. The molecule has 1 N–H and O–H groups in total. The Morgan fingerprint density at radius 3 is 2.85 bits per heavy atom. The van der Waals surface area contributed by atoms with Crippen molar-refractivity contribution in [1.29, 1.82) is 0 Å². The fraction of sp³-hybridized carbons (Fsp3) is 0.316. The largest absolute Gasteiger partial charge is 0.493 e. The van der Waals surface area contributed by atoms with Crippen molar-refractivity contribution in [3.05, 3.63) is 60.6 Å². The second-order valence-corrected chi connectivity index (χ2v) is 6.94. The van der Waals surface area contributed by atoms with Crippen LogP contribution in [0.4, 0.5) is 5.69 Å². The zero-order chi connectivity index (χ0) is 18.3. The molecule has 7 heteroatoms. The molecule has 7 nitrogen and oxygen atoms in total. The minimum atomic E-state index is -0.880. The number of carbonyl (C=O) groups is 1. The third kappa shape index (κ3) is 2.56. The van der Waals surface area contributed by atoms with E-state index in [-0.39, 0.29) is 11.8 Å². The van der Waals surface area contributed by atoms with Gasteiger partial charge in [-0.25, -0.2) is 9.67 Å². The Balaban J connectivity index is 1.67. The molecule has 2 aliphatic rings. The lowest BCUT2D eigenvalue weighted by Crippen LogP contribution is -2.56.